The van der Waals surface area contributed by atoms with Crippen molar-refractivity contribution in [2.75, 3.05) is 18.9 Å². The predicted molar refractivity (Wildman–Crippen MR) is 64.5 cm³/mol. The monoisotopic (exact) mass is 270 g/mol. The third-order valence-corrected chi connectivity index (χ3v) is 2.58. The second kappa shape index (κ2) is 5.26. The van der Waals surface area contributed by atoms with Crippen molar-refractivity contribution in [3.8, 4) is 0 Å². The van der Waals surface area contributed by atoms with Gasteiger partial charge in [0.05, 0.1) is 11.3 Å². The zero-order valence-corrected chi connectivity index (χ0v) is 10.8. The first kappa shape index (κ1) is 12.2. The number of halogens is 1. The van der Waals surface area contributed by atoms with Crippen LogP contribution >= 0.6 is 15.9 Å². The van der Waals surface area contributed by atoms with Crippen molar-refractivity contribution >= 4 is 21.8 Å². The lowest BCUT2D eigenvalue weighted by Crippen LogP contribution is -2.29. The largest absolute Gasteiger partial charge is 0.341 e. The maximum Gasteiger partial charge on any atom is 0.255 e. The molecule has 0 saturated heterocycles. The first-order valence-electron chi connectivity index (χ1n) is 4.82. The Bertz CT molecular complexity index is 366. The minimum atomic E-state index is 0.0273. The molecular weight excluding hydrogens is 256 g/mol. The Morgan fingerprint density at radius 2 is 2.13 bits per heavy atom. The van der Waals surface area contributed by atoms with Gasteiger partial charge in [0, 0.05) is 24.6 Å². The minimum absolute atomic E-state index is 0.0273. The van der Waals surface area contributed by atoms with Gasteiger partial charge < -0.3 is 4.90 Å². The number of carbonyl (C=O) groups excluding carboxylic acids is 1. The number of amides is 1. The van der Waals surface area contributed by atoms with E-state index < -0.39 is 0 Å². The van der Waals surface area contributed by atoms with Crippen molar-refractivity contribution in [1.82, 2.24) is 9.88 Å². The topological polar surface area (TPSA) is 33.2 Å². The molecule has 0 N–H and O–H groups in total. The van der Waals surface area contributed by atoms with Crippen LogP contribution in [0, 0.1) is 13.8 Å². The van der Waals surface area contributed by atoms with Gasteiger partial charge in [-0.1, -0.05) is 15.9 Å². The Morgan fingerprint density at radius 3 is 2.67 bits per heavy atom. The van der Waals surface area contributed by atoms with E-state index in [1.54, 1.807) is 11.9 Å². The molecule has 0 aliphatic rings. The molecule has 0 bridgehead atoms. The van der Waals surface area contributed by atoms with Crippen LogP contribution in [0.5, 0.6) is 0 Å². The maximum absolute atomic E-state index is 11.9. The van der Waals surface area contributed by atoms with Crippen molar-refractivity contribution in [3.05, 3.63) is 29.1 Å². The van der Waals surface area contributed by atoms with E-state index in [9.17, 15) is 4.79 Å². The summed E-state index contributed by atoms with van der Waals surface area (Å²) in [5.74, 6) is 0.0273. The summed E-state index contributed by atoms with van der Waals surface area (Å²) in [7, 11) is 1.79. The molecule has 0 spiro atoms. The van der Waals surface area contributed by atoms with Gasteiger partial charge >= 0.3 is 0 Å². The molecule has 3 nitrogen and oxygen atoms in total. The predicted octanol–water partition coefficient (Wildman–Crippen LogP) is 2.17. The summed E-state index contributed by atoms with van der Waals surface area (Å²) in [6, 6.07) is 3.70. The van der Waals surface area contributed by atoms with E-state index in [4.69, 9.17) is 0 Å². The first-order chi connectivity index (χ1) is 7.06. The van der Waals surface area contributed by atoms with E-state index >= 15 is 0 Å². The molecule has 0 aliphatic carbocycles. The minimum Gasteiger partial charge on any atom is -0.341 e. The number of hydrogen-bond donors (Lipinski definition) is 0. The normalized spacial score (nSPS) is 10.1. The van der Waals surface area contributed by atoms with Gasteiger partial charge in [0.25, 0.3) is 5.91 Å². The highest BCUT2D eigenvalue weighted by molar-refractivity contribution is 9.09. The van der Waals surface area contributed by atoms with Gasteiger partial charge in [-0.25, -0.2) is 0 Å². The maximum atomic E-state index is 11.9. The van der Waals surface area contributed by atoms with Gasteiger partial charge in [0.15, 0.2) is 0 Å². The fraction of sp³-hybridized carbons (Fsp3) is 0.455. The molecule has 0 fully saturated rings. The van der Waals surface area contributed by atoms with Crippen LogP contribution in [0.15, 0.2) is 12.1 Å². The number of nitrogens with zero attached hydrogens (tertiary/aromatic N) is 2. The van der Waals surface area contributed by atoms with Crippen molar-refractivity contribution in [1.29, 1.82) is 0 Å². The van der Waals surface area contributed by atoms with Gasteiger partial charge in [0.2, 0.25) is 0 Å². The third kappa shape index (κ3) is 3.02. The second-order valence-electron chi connectivity index (χ2n) is 3.50. The number of aryl methyl sites for hydroxylation is 2. The SMILES string of the molecule is Cc1ccc(C(=O)N(C)CCBr)c(C)n1. The Morgan fingerprint density at radius 1 is 1.47 bits per heavy atom. The molecule has 1 aromatic heterocycles. The zero-order chi connectivity index (χ0) is 11.4. The molecule has 1 heterocycles. The summed E-state index contributed by atoms with van der Waals surface area (Å²) in [6.07, 6.45) is 0. The second-order valence-corrected chi connectivity index (χ2v) is 4.29. The lowest BCUT2D eigenvalue weighted by atomic mass is 10.1. The van der Waals surface area contributed by atoms with E-state index in [1.807, 2.05) is 26.0 Å². The van der Waals surface area contributed by atoms with Crippen molar-refractivity contribution in [2.24, 2.45) is 0 Å². The third-order valence-electron chi connectivity index (χ3n) is 2.22. The molecule has 15 heavy (non-hydrogen) atoms. The van der Waals surface area contributed by atoms with Crippen molar-refractivity contribution in [2.45, 2.75) is 13.8 Å². The summed E-state index contributed by atoms with van der Waals surface area (Å²) in [5, 5.41) is 0.785. The van der Waals surface area contributed by atoms with Crippen LogP contribution in [0.3, 0.4) is 0 Å². The summed E-state index contributed by atoms with van der Waals surface area (Å²) in [6.45, 7) is 4.48. The molecule has 0 aromatic carbocycles. The van der Waals surface area contributed by atoms with Crippen LogP contribution in [0.4, 0.5) is 0 Å². The number of alkyl halides is 1. The molecule has 0 saturated carbocycles. The number of pyridine rings is 1. The number of carbonyl (C=O) groups is 1. The summed E-state index contributed by atoms with van der Waals surface area (Å²) in [5.41, 5.74) is 2.41. The van der Waals surface area contributed by atoms with Gasteiger partial charge in [-0.15, -0.1) is 0 Å². The fourth-order valence-corrected chi connectivity index (χ4v) is 1.88. The molecular formula is C11H15BrN2O. The number of rotatable bonds is 3. The van der Waals surface area contributed by atoms with Crippen LogP contribution in [0.2, 0.25) is 0 Å². The van der Waals surface area contributed by atoms with Gasteiger partial charge in [0.1, 0.15) is 0 Å². The molecule has 1 rings (SSSR count). The van der Waals surface area contributed by atoms with Crippen LogP contribution < -0.4 is 0 Å². The number of aromatic nitrogens is 1. The molecule has 0 aliphatic heterocycles. The zero-order valence-electron chi connectivity index (χ0n) is 9.25. The number of hydrogen-bond acceptors (Lipinski definition) is 2. The standard InChI is InChI=1S/C11H15BrN2O/c1-8-4-5-10(9(2)13-8)11(15)14(3)7-6-12/h4-5H,6-7H2,1-3H3. The van der Waals surface area contributed by atoms with E-state index in [2.05, 4.69) is 20.9 Å². The fourth-order valence-electron chi connectivity index (χ4n) is 1.35. The van der Waals surface area contributed by atoms with Gasteiger partial charge in [-0.2, -0.15) is 0 Å². The molecule has 1 aromatic rings. The van der Waals surface area contributed by atoms with Gasteiger partial charge in [-0.3, -0.25) is 9.78 Å². The Balaban J connectivity index is 2.91. The van der Waals surface area contributed by atoms with E-state index in [1.165, 1.54) is 0 Å². The molecule has 1 amide bonds. The van der Waals surface area contributed by atoms with Crippen molar-refractivity contribution in [3.63, 3.8) is 0 Å². The summed E-state index contributed by atoms with van der Waals surface area (Å²) in [4.78, 5) is 17.9. The Kier molecular flexibility index (Phi) is 4.27. The molecule has 0 atom stereocenters. The van der Waals surface area contributed by atoms with Crippen LogP contribution in [-0.2, 0) is 0 Å². The average molecular weight is 271 g/mol. The smallest absolute Gasteiger partial charge is 0.255 e. The summed E-state index contributed by atoms with van der Waals surface area (Å²) >= 11 is 3.31. The van der Waals surface area contributed by atoms with Crippen LogP contribution in [0.1, 0.15) is 21.7 Å². The van der Waals surface area contributed by atoms with E-state index in [0.717, 1.165) is 16.7 Å². The van der Waals surface area contributed by atoms with E-state index in [0.29, 0.717) is 12.1 Å². The van der Waals surface area contributed by atoms with E-state index in [-0.39, 0.29) is 5.91 Å². The van der Waals surface area contributed by atoms with Gasteiger partial charge in [-0.05, 0) is 26.0 Å². The lowest BCUT2D eigenvalue weighted by molar-refractivity contribution is 0.0803. The Hall–Kier alpha value is -0.900. The highest BCUT2D eigenvalue weighted by atomic mass is 79.9. The lowest BCUT2D eigenvalue weighted by Gasteiger charge is -2.16. The van der Waals surface area contributed by atoms with Crippen molar-refractivity contribution < 1.29 is 4.79 Å². The molecule has 82 valence electrons. The summed E-state index contributed by atoms with van der Waals surface area (Å²) < 4.78 is 0. The first-order valence-corrected chi connectivity index (χ1v) is 5.94. The average Bonchev–Trinajstić information content (AvgIpc) is 2.17. The van der Waals surface area contributed by atoms with Crippen LogP contribution in [0.25, 0.3) is 0 Å². The van der Waals surface area contributed by atoms with Crippen LogP contribution in [-0.4, -0.2) is 34.7 Å². The molecule has 0 unspecified atom stereocenters. The molecule has 0 radical (unpaired) electrons. The quantitative estimate of drug-likeness (QED) is 0.789. The highest BCUT2D eigenvalue weighted by Crippen LogP contribution is 2.09. The highest BCUT2D eigenvalue weighted by Gasteiger charge is 2.13. The Labute approximate surface area is 98.6 Å². The molecule has 4 heteroatoms.